The Balaban J connectivity index is 1.29. The molecule has 0 radical (unpaired) electrons. The van der Waals surface area contributed by atoms with Crippen molar-refractivity contribution >= 4 is 11.6 Å². The summed E-state index contributed by atoms with van der Waals surface area (Å²) in [4.78, 5) is 2.46. The number of hydrogen-bond acceptors (Lipinski definition) is 4. The molecule has 0 atom stereocenters. The minimum atomic E-state index is 0.738. The van der Waals surface area contributed by atoms with Gasteiger partial charge in [-0.2, -0.15) is 5.10 Å². The lowest BCUT2D eigenvalue weighted by Crippen LogP contribution is -2.26. The highest BCUT2D eigenvalue weighted by Crippen LogP contribution is 2.24. The first-order valence-corrected chi connectivity index (χ1v) is 10.6. The summed E-state index contributed by atoms with van der Waals surface area (Å²) in [6, 6.07) is 18.3. The number of H-pyrrole nitrogens is 1. The third kappa shape index (κ3) is 4.01. The van der Waals surface area contributed by atoms with Crippen LogP contribution in [0.15, 0.2) is 60.8 Å². The van der Waals surface area contributed by atoms with Gasteiger partial charge in [0.05, 0.1) is 11.9 Å². The van der Waals surface area contributed by atoms with Gasteiger partial charge in [0, 0.05) is 49.6 Å². The molecule has 0 bridgehead atoms. The Kier molecular flexibility index (Phi) is 5.34. The largest absolute Gasteiger partial charge is 0.313 e. The second kappa shape index (κ2) is 8.42. The fraction of sp³-hybridized carbons (Fsp3) is 0.261. The number of rotatable bonds is 5. The van der Waals surface area contributed by atoms with E-state index in [1.165, 1.54) is 11.1 Å². The van der Waals surface area contributed by atoms with Crippen LogP contribution in [-0.4, -0.2) is 43.0 Å². The van der Waals surface area contributed by atoms with Gasteiger partial charge in [-0.15, -0.1) is 10.2 Å². The zero-order valence-electron chi connectivity index (χ0n) is 16.6. The molecule has 1 N–H and O–H groups in total. The minimum Gasteiger partial charge on any atom is -0.313 e. The average molecular weight is 419 g/mol. The van der Waals surface area contributed by atoms with E-state index in [4.69, 9.17) is 11.6 Å². The van der Waals surface area contributed by atoms with Crippen LogP contribution < -0.4 is 0 Å². The highest BCUT2D eigenvalue weighted by atomic mass is 35.5. The lowest BCUT2D eigenvalue weighted by molar-refractivity contribution is 0.271. The molecule has 4 aromatic rings. The number of halogens is 1. The first-order chi connectivity index (χ1) is 14.8. The lowest BCUT2D eigenvalue weighted by Gasteiger charge is -2.19. The first-order valence-electron chi connectivity index (χ1n) is 10.2. The molecule has 0 saturated carbocycles. The molecule has 0 spiro atoms. The van der Waals surface area contributed by atoms with E-state index in [-0.39, 0.29) is 0 Å². The monoisotopic (exact) mass is 418 g/mol. The number of benzene rings is 2. The first kappa shape index (κ1) is 19.0. The van der Waals surface area contributed by atoms with Crippen molar-refractivity contribution < 1.29 is 0 Å². The van der Waals surface area contributed by atoms with Gasteiger partial charge in [0.1, 0.15) is 11.6 Å². The van der Waals surface area contributed by atoms with Crippen LogP contribution in [0.25, 0.3) is 11.3 Å². The normalized spacial score (nSPS) is 14.4. The van der Waals surface area contributed by atoms with Crippen molar-refractivity contribution in [3.63, 3.8) is 0 Å². The molecule has 152 valence electrons. The van der Waals surface area contributed by atoms with E-state index < -0.39 is 0 Å². The molecule has 30 heavy (non-hydrogen) atoms. The Morgan fingerprint density at radius 3 is 2.60 bits per heavy atom. The summed E-state index contributed by atoms with van der Waals surface area (Å²) in [6.07, 6.45) is 3.64. The predicted molar refractivity (Wildman–Crippen MR) is 117 cm³/mol. The highest BCUT2D eigenvalue weighted by Gasteiger charge is 2.20. The molecule has 6 nitrogen and oxygen atoms in total. The van der Waals surface area contributed by atoms with Gasteiger partial charge in [-0.05, 0) is 23.3 Å². The Hall–Kier alpha value is -2.96. The van der Waals surface area contributed by atoms with Crippen LogP contribution in [-0.2, 0) is 25.9 Å². The number of fused-ring (bicyclic) bond motifs is 1. The molecular weight excluding hydrogens is 396 g/mol. The number of nitrogens with zero attached hydrogens (tertiary/aromatic N) is 5. The predicted octanol–water partition coefficient (Wildman–Crippen LogP) is 3.97. The van der Waals surface area contributed by atoms with Crippen LogP contribution in [0.5, 0.6) is 0 Å². The van der Waals surface area contributed by atoms with Crippen LogP contribution in [0.3, 0.4) is 0 Å². The highest BCUT2D eigenvalue weighted by molar-refractivity contribution is 6.30. The quantitative estimate of drug-likeness (QED) is 0.532. The molecule has 5 rings (SSSR count). The van der Waals surface area contributed by atoms with Gasteiger partial charge in [0.15, 0.2) is 0 Å². The van der Waals surface area contributed by atoms with Crippen molar-refractivity contribution in [2.45, 2.75) is 25.9 Å². The summed E-state index contributed by atoms with van der Waals surface area (Å²) in [7, 11) is 0. The maximum Gasteiger partial charge on any atom is 0.137 e. The van der Waals surface area contributed by atoms with Gasteiger partial charge >= 0.3 is 0 Å². The van der Waals surface area contributed by atoms with Crippen molar-refractivity contribution in [1.29, 1.82) is 0 Å². The van der Waals surface area contributed by atoms with E-state index in [9.17, 15) is 0 Å². The van der Waals surface area contributed by atoms with E-state index in [2.05, 4.69) is 54.1 Å². The van der Waals surface area contributed by atoms with Crippen LogP contribution >= 0.6 is 11.6 Å². The Labute approximate surface area is 180 Å². The maximum atomic E-state index is 6.04. The van der Waals surface area contributed by atoms with Crippen LogP contribution in [0.4, 0.5) is 0 Å². The SMILES string of the molecule is Clc1ccc(-c2[nH]ncc2CN2CCc3nnc(Cc4ccccc4)n3CC2)cc1. The van der Waals surface area contributed by atoms with E-state index >= 15 is 0 Å². The van der Waals surface area contributed by atoms with E-state index in [1.807, 2.05) is 36.5 Å². The average Bonchev–Trinajstić information content (AvgIpc) is 3.32. The third-order valence-electron chi connectivity index (χ3n) is 5.65. The van der Waals surface area contributed by atoms with Crippen molar-refractivity contribution in [3.8, 4) is 11.3 Å². The molecule has 7 heteroatoms. The van der Waals surface area contributed by atoms with E-state index in [0.29, 0.717) is 0 Å². The smallest absolute Gasteiger partial charge is 0.137 e. The van der Waals surface area contributed by atoms with Crippen LogP contribution in [0.1, 0.15) is 22.8 Å². The van der Waals surface area contributed by atoms with Crippen molar-refractivity contribution in [2.75, 3.05) is 13.1 Å². The molecule has 0 fully saturated rings. The van der Waals surface area contributed by atoms with Crippen LogP contribution in [0.2, 0.25) is 5.02 Å². The maximum absolute atomic E-state index is 6.04. The molecule has 1 aliphatic rings. The lowest BCUT2D eigenvalue weighted by atomic mass is 10.1. The molecule has 1 aliphatic heterocycles. The van der Waals surface area contributed by atoms with Gasteiger partial charge in [0.25, 0.3) is 0 Å². The zero-order chi connectivity index (χ0) is 20.3. The second-order valence-corrected chi connectivity index (χ2v) is 8.09. The topological polar surface area (TPSA) is 62.6 Å². The Morgan fingerprint density at radius 2 is 1.77 bits per heavy atom. The summed E-state index contributed by atoms with van der Waals surface area (Å²) >= 11 is 6.04. The molecule has 2 aromatic heterocycles. The van der Waals surface area contributed by atoms with Gasteiger partial charge < -0.3 is 4.57 Å². The zero-order valence-corrected chi connectivity index (χ0v) is 17.4. The molecule has 2 aromatic carbocycles. The second-order valence-electron chi connectivity index (χ2n) is 7.65. The molecule has 0 aliphatic carbocycles. The van der Waals surface area contributed by atoms with Crippen LogP contribution in [0, 0.1) is 0 Å². The summed E-state index contributed by atoms with van der Waals surface area (Å²) < 4.78 is 2.29. The van der Waals surface area contributed by atoms with Gasteiger partial charge in [0.2, 0.25) is 0 Å². The summed E-state index contributed by atoms with van der Waals surface area (Å²) in [5.41, 5.74) is 4.61. The fourth-order valence-electron chi connectivity index (χ4n) is 4.03. The molecule has 0 unspecified atom stereocenters. The van der Waals surface area contributed by atoms with E-state index in [1.54, 1.807) is 0 Å². The van der Waals surface area contributed by atoms with Gasteiger partial charge in [-0.3, -0.25) is 10.00 Å². The molecular formula is C23H23ClN6. The summed E-state index contributed by atoms with van der Waals surface area (Å²) in [5, 5.41) is 17.1. The number of nitrogens with one attached hydrogen (secondary N) is 1. The van der Waals surface area contributed by atoms with Crippen molar-refractivity contribution in [3.05, 3.63) is 88.6 Å². The Bertz CT molecular complexity index is 1120. The standard InChI is InChI=1S/C23H23ClN6/c24-20-8-6-18(7-9-20)23-19(15-25-28-23)16-29-11-10-21-26-27-22(30(21)13-12-29)14-17-4-2-1-3-5-17/h1-9,15H,10-14,16H2,(H,25,28). The summed E-state index contributed by atoms with van der Waals surface area (Å²) in [6.45, 7) is 3.66. The van der Waals surface area contributed by atoms with Crippen molar-refractivity contribution in [1.82, 2.24) is 29.9 Å². The molecule has 0 amide bonds. The van der Waals surface area contributed by atoms with Gasteiger partial charge in [-0.1, -0.05) is 54.1 Å². The number of aromatic nitrogens is 5. The number of aromatic amines is 1. The minimum absolute atomic E-state index is 0.738. The fourth-order valence-corrected chi connectivity index (χ4v) is 4.16. The molecule has 0 saturated heterocycles. The summed E-state index contributed by atoms with van der Waals surface area (Å²) in [5.74, 6) is 2.12. The Morgan fingerprint density at radius 1 is 0.933 bits per heavy atom. The number of hydrogen-bond donors (Lipinski definition) is 1. The third-order valence-corrected chi connectivity index (χ3v) is 5.90. The van der Waals surface area contributed by atoms with Gasteiger partial charge in [-0.25, -0.2) is 0 Å². The van der Waals surface area contributed by atoms with E-state index in [0.717, 1.165) is 66.9 Å². The molecule has 3 heterocycles. The van der Waals surface area contributed by atoms with Crippen molar-refractivity contribution in [2.24, 2.45) is 0 Å².